The first kappa shape index (κ1) is 21.9. The monoisotopic (exact) mass is 372 g/mol. The Balaban J connectivity index is 0.00000312. The largest absolute Gasteiger partial charge is 0.382 e. The number of halogens is 1. The summed E-state index contributed by atoms with van der Waals surface area (Å²) in [5.74, 6) is 0.0187. The van der Waals surface area contributed by atoms with Gasteiger partial charge in [-0.25, -0.2) is 0 Å². The second-order valence-electron chi connectivity index (χ2n) is 5.91. The molecule has 0 radical (unpaired) electrons. The number of hydrogen-bond acceptors (Lipinski definition) is 5. The van der Waals surface area contributed by atoms with E-state index in [1.807, 2.05) is 35.2 Å². The summed E-state index contributed by atoms with van der Waals surface area (Å²) in [6.45, 7) is 3.11. The van der Waals surface area contributed by atoms with Crippen LogP contribution in [0.15, 0.2) is 30.3 Å². The Bertz CT molecular complexity index is 489. The first-order chi connectivity index (χ1) is 11.7. The predicted molar refractivity (Wildman–Crippen MR) is 98.8 cm³/mol. The summed E-state index contributed by atoms with van der Waals surface area (Å²) in [6.07, 6.45) is 1.18. The van der Waals surface area contributed by atoms with E-state index in [4.69, 9.17) is 19.9 Å². The van der Waals surface area contributed by atoms with E-state index in [2.05, 4.69) is 0 Å². The third-order valence-electron chi connectivity index (χ3n) is 4.11. The lowest BCUT2D eigenvalue weighted by atomic mass is 10.1. The number of methoxy groups -OCH3 is 1. The normalized spacial score (nSPS) is 19.4. The number of rotatable bonds is 10. The summed E-state index contributed by atoms with van der Waals surface area (Å²) < 4.78 is 16.2. The van der Waals surface area contributed by atoms with E-state index in [1.165, 1.54) is 0 Å². The maximum Gasteiger partial charge on any atom is 0.252 e. The van der Waals surface area contributed by atoms with Crippen molar-refractivity contribution in [1.82, 2.24) is 4.90 Å². The molecule has 6 nitrogen and oxygen atoms in total. The summed E-state index contributed by atoms with van der Waals surface area (Å²) in [5, 5.41) is 0. The average Bonchev–Trinajstić information content (AvgIpc) is 3.10. The minimum atomic E-state index is -0.388. The second-order valence-corrected chi connectivity index (χ2v) is 5.91. The third kappa shape index (κ3) is 7.30. The van der Waals surface area contributed by atoms with Crippen molar-refractivity contribution in [2.24, 2.45) is 5.73 Å². The van der Waals surface area contributed by atoms with E-state index >= 15 is 0 Å². The van der Waals surface area contributed by atoms with E-state index < -0.39 is 0 Å². The standard InChI is InChI=1S/C18H28N2O4.ClH/c1-22-11-12-23-10-9-20(14-15-5-3-2-4-6-15)18(21)17-8-7-16(13-19)24-17;/h2-6,16-17H,7-14,19H2,1H3;1H/t16-,17+;/m1./s1. The van der Waals surface area contributed by atoms with Crippen LogP contribution in [0.5, 0.6) is 0 Å². The Morgan fingerprint density at radius 3 is 2.64 bits per heavy atom. The fourth-order valence-electron chi connectivity index (χ4n) is 2.75. The average molecular weight is 373 g/mol. The topological polar surface area (TPSA) is 74.0 Å². The SMILES string of the molecule is COCCOCCN(Cc1ccccc1)C(=O)[C@@H]1CC[C@H](CN)O1.Cl. The highest BCUT2D eigenvalue weighted by molar-refractivity contribution is 5.85. The van der Waals surface area contributed by atoms with Crippen molar-refractivity contribution in [1.29, 1.82) is 0 Å². The molecule has 1 aromatic carbocycles. The lowest BCUT2D eigenvalue weighted by Crippen LogP contribution is -2.41. The van der Waals surface area contributed by atoms with E-state index in [0.29, 0.717) is 39.5 Å². The zero-order chi connectivity index (χ0) is 17.2. The number of nitrogens with zero attached hydrogens (tertiary/aromatic N) is 1. The van der Waals surface area contributed by atoms with Crippen LogP contribution in [0.25, 0.3) is 0 Å². The molecule has 2 atom stereocenters. The van der Waals surface area contributed by atoms with E-state index in [1.54, 1.807) is 7.11 Å². The number of benzene rings is 1. The van der Waals surface area contributed by atoms with Gasteiger partial charge < -0.3 is 24.8 Å². The van der Waals surface area contributed by atoms with Crippen molar-refractivity contribution in [2.45, 2.75) is 31.6 Å². The van der Waals surface area contributed by atoms with Gasteiger partial charge >= 0.3 is 0 Å². The highest BCUT2D eigenvalue weighted by Crippen LogP contribution is 2.21. The number of nitrogens with two attached hydrogens (primary N) is 1. The minimum absolute atomic E-state index is 0. The number of carbonyl (C=O) groups excluding carboxylic acids is 1. The molecule has 1 fully saturated rings. The zero-order valence-corrected chi connectivity index (χ0v) is 15.6. The van der Waals surface area contributed by atoms with Crippen molar-refractivity contribution in [3.05, 3.63) is 35.9 Å². The van der Waals surface area contributed by atoms with Crippen LogP contribution >= 0.6 is 12.4 Å². The summed E-state index contributed by atoms with van der Waals surface area (Å²) in [4.78, 5) is 14.6. The first-order valence-corrected chi connectivity index (χ1v) is 8.49. The van der Waals surface area contributed by atoms with E-state index in [9.17, 15) is 4.79 Å². The van der Waals surface area contributed by atoms with Gasteiger partial charge in [0.05, 0.1) is 25.9 Å². The molecule has 1 aromatic rings. The molecule has 7 heteroatoms. The van der Waals surface area contributed by atoms with E-state index in [-0.39, 0.29) is 30.5 Å². The van der Waals surface area contributed by atoms with Crippen LogP contribution in [0.4, 0.5) is 0 Å². The predicted octanol–water partition coefficient (Wildman–Crippen LogP) is 1.61. The van der Waals surface area contributed by atoms with Crippen molar-refractivity contribution >= 4 is 18.3 Å². The molecule has 0 aliphatic carbocycles. The van der Waals surface area contributed by atoms with Crippen LogP contribution in [0, 0.1) is 0 Å². The number of carbonyl (C=O) groups is 1. The fourth-order valence-corrected chi connectivity index (χ4v) is 2.75. The van der Waals surface area contributed by atoms with Crippen LogP contribution in [0.3, 0.4) is 0 Å². The summed E-state index contributed by atoms with van der Waals surface area (Å²) in [5.41, 5.74) is 6.73. The Hall–Kier alpha value is -1.18. The highest BCUT2D eigenvalue weighted by Gasteiger charge is 2.32. The lowest BCUT2D eigenvalue weighted by molar-refractivity contribution is -0.144. The van der Waals surface area contributed by atoms with Crippen LogP contribution in [-0.4, -0.2) is 63.0 Å². The van der Waals surface area contributed by atoms with Crippen LogP contribution < -0.4 is 5.73 Å². The van der Waals surface area contributed by atoms with Crippen molar-refractivity contribution in [3.8, 4) is 0 Å². The molecule has 1 aliphatic heterocycles. The van der Waals surface area contributed by atoms with Crippen molar-refractivity contribution in [3.63, 3.8) is 0 Å². The molecule has 2 N–H and O–H groups in total. The van der Waals surface area contributed by atoms with Crippen molar-refractivity contribution in [2.75, 3.05) is 40.0 Å². The number of ether oxygens (including phenoxy) is 3. The van der Waals surface area contributed by atoms with Crippen LogP contribution in [0.2, 0.25) is 0 Å². The number of amides is 1. The molecule has 1 amide bonds. The van der Waals surface area contributed by atoms with Gasteiger partial charge in [-0.15, -0.1) is 12.4 Å². The molecule has 25 heavy (non-hydrogen) atoms. The fraction of sp³-hybridized carbons (Fsp3) is 0.611. The summed E-state index contributed by atoms with van der Waals surface area (Å²) in [7, 11) is 1.64. The van der Waals surface area contributed by atoms with Gasteiger partial charge in [0, 0.05) is 26.7 Å². The lowest BCUT2D eigenvalue weighted by Gasteiger charge is -2.26. The zero-order valence-electron chi connectivity index (χ0n) is 14.8. The summed E-state index contributed by atoms with van der Waals surface area (Å²) in [6, 6.07) is 9.96. The van der Waals surface area contributed by atoms with Gasteiger partial charge in [0.15, 0.2) is 0 Å². The van der Waals surface area contributed by atoms with Gasteiger partial charge in [0.1, 0.15) is 6.10 Å². The Morgan fingerprint density at radius 2 is 2.00 bits per heavy atom. The van der Waals surface area contributed by atoms with Gasteiger partial charge in [0.2, 0.25) is 0 Å². The Labute approximate surface area is 156 Å². The Morgan fingerprint density at radius 1 is 1.24 bits per heavy atom. The molecule has 0 bridgehead atoms. The summed E-state index contributed by atoms with van der Waals surface area (Å²) >= 11 is 0. The smallest absolute Gasteiger partial charge is 0.252 e. The molecular formula is C18H29ClN2O4. The quantitative estimate of drug-likeness (QED) is 0.631. The molecule has 0 unspecified atom stereocenters. The highest BCUT2D eigenvalue weighted by atomic mass is 35.5. The van der Waals surface area contributed by atoms with Gasteiger partial charge in [-0.1, -0.05) is 30.3 Å². The van der Waals surface area contributed by atoms with E-state index in [0.717, 1.165) is 18.4 Å². The van der Waals surface area contributed by atoms with Gasteiger partial charge in [-0.05, 0) is 18.4 Å². The molecule has 2 rings (SSSR count). The molecule has 0 aromatic heterocycles. The maximum absolute atomic E-state index is 12.8. The maximum atomic E-state index is 12.8. The third-order valence-corrected chi connectivity index (χ3v) is 4.11. The molecule has 1 saturated heterocycles. The molecule has 142 valence electrons. The second kappa shape index (κ2) is 12.2. The minimum Gasteiger partial charge on any atom is -0.382 e. The molecule has 1 aliphatic rings. The van der Waals surface area contributed by atoms with Gasteiger partial charge in [0.25, 0.3) is 5.91 Å². The van der Waals surface area contributed by atoms with Gasteiger partial charge in [-0.2, -0.15) is 0 Å². The molecule has 0 saturated carbocycles. The van der Waals surface area contributed by atoms with Crippen LogP contribution in [0.1, 0.15) is 18.4 Å². The van der Waals surface area contributed by atoms with Crippen molar-refractivity contribution < 1.29 is 19.0 Å². The Kier molecular flexibility index (Phi) is 10.7. The van der Waals surface area contributed by atoms with Gasteiger partial charge in [-0.3, -0.25) is 4.79 Å². The number of hydrogen-bond donors (Lipinski definition) is 1. The molecule has 1 heterocycles. The first-order valence-electron chi connectivity index (χ1n) is 8.49. The molecule has 0 spiro atoms. The molecular weight excluding hydrogens is 344 g/mol. The van der Waals surface area contributed by atoms with Crippen LogP contribution in [-0.2, 0) is 25.5 Å².